The smallest absolute Gasteiger partial charge is 0.0714 e. The van der Waals surface area contributed by atoms with E-state index >= 15 is 0 Å². The van der Waals surface area contributed by atoms with E-state index in [1.54, 1.807) is 0 Å². The summed E-state index contributed by atoms with van der Waals surface area (Å²) in [6, 6.07) is 118. The van der Waals surface area contributed by atoms with Gasteiger partial charge < -0.3 is 4.90 Å². The van der Waals surface area contributed by atoms with Gasteiger partial charge in [-0.05, 0) is 198 Å². The number of benzene rings is 13. The first kappa shape index (κ1) is 51.1. The molecule has 0 spiro atoms. The molecule has 0 fully saturated rings. The molecule has 0 N–H and O–H groups in total. The van der Waals surface area contributed by atoms with Gasteiger partial charge in [0.1, 0.15) is 0 Å². The first-order valence-corrected chi connectivity index (χ1v) is 29.9. The molecule has 0 aromatic heterocycles. The molecule has 0 atom stereocenters. The summed E-state index contributed by atoms with van der Waals surface area (Å²) in [5, 5.41) is 0. The number of nitrogens with zero attached hydrogens (tertiary/aromatic N) is 1. The minimum absolute atomic E-state index is 0.643. The van der Waals surface area contributed by atoms with Crippen LogP contribution in [0.5, 0.6) is 0 Å². The molecule has 15 rings (SSSR count). The van der Waals surface area contributed by atoms with Gasteiger partial charge in [0.2, 0.25) is 0 Å². The van der Waals surface area contributed by atoms with Crippen LogP contribution in [0.4, 0.5) is 17.1 Å². The van der Waals surface area contributed by atoms with Crippen LogP contribution in [-0.2, 0) is 10.8 Å². The van der Waals surface area contributed by atoms with Gasteiger partial charge in [-0.15, -0.1) is 0 Å². The quantitative estimate of drug-likeness (QED) is 0.125. The maximum absolute atomic E-state index is 3.78. The van der Waals surface area contributed by atoms with Gasteiger partial charge in [0.05, 0.1) is 10.8 Å². The van der Waals surface area contributed by atoms with Gasteiger partial charge in [0, 0.05) is 21.5 Å². The molecule has 0 heterocycles. The van der Waals surface area contributed by atoms with Crippen molar-refractivity contribution in [3.63, 3.8) is 0 Å². The third-order valence-electron chi connectivity index (χ3n) is 17.9. The Hall–Kier alpha value is -9.86. The van der Waals surface area contributed by atoms with Gasteiger partial charge in [0.25, 0.3) is 0 Å². The monoisotopic (exact) mass is 1140 g/mol. The summed E-state index contributed by atoms with van der Waals surface area (Å²) in [6.45, 7) is 4.37. The number of anilines is 3. The highest BCUT2D eigenvalue weighted by Crippen LogP contribution is 2.60. The van der Waals surface area contributed by atoms with E-state index in [2.05, 4.69) is 350 Å². The molecule has 0 amide bonds. The van der Waals surface area contributed by atoms with Crippen molar-refractivity contribution in [3.05, 3.63) is 376 Å². The predicted octanol–water partition coefficient (Wildman–Crippen LogP) is 21.9. The van der Waals surface area contributed by atoms with E-state index < -0.39 is 10.8 Å². The topological polar surface area (TPSA) is 3.24 Å². The van der Waals surface area contributed by atoms with Crippen LogP contribution in [0.1, 0.15) is 55.6 Å². The minimum Gasteiger partial charge on any atom is -0.311 e. The summed E-state index contributed by atoms with van der Waals surface area (Å²) in [7, 11) is 0. The third kappa shape index (κ3) is 8.43. The molecule has 0 saturated carbocycles. The fourth-order valence-corrected chi connectivity index (χ4v) is 14.1. The Kier molecular flexibility index (Phi) is 12.7. The zero-order valence-corrected chi connectivity index (χ0v) is 48.4. The van der Waals surface area contributed by atoms with Gasteiger partial charge in [-0.25, -0.2) is 0 Å². The van der Waals surface area contributed by atoms with Gasteiger partial charge in [-0.1, -0.05) is 270 Å². The second kappa shape index (κ2) is 20.8. The molecule has 0 saturated heterocycles. The van der Waals surface area contributed by atoms with E-state index in [9.17, 15) is 0 Å². The molecule has 398 valence electrons. The van der Waals surface area contributed by atoms with E-state index in [0.717, 1.165) is 21.5 Å². The summed E-state index contributed by atoms with van der Waals surface area (Å²) >= 11 is 3.78. The average Bonchev–Trinajstić information content (AvgIpc) is 1.84. The molecular formula is C82H58BrN. The fraction of sp³-hybridized carbons (Fsp3) is 0.0488. The van der Waals surface area contributed by atoms with Gasteiger partial charge in [-0.3, -0.25) is 0 Å². The number of hydrogen-bond acceptors (Lipinski definition) is 1. The van der Waals surface area contributed by atoms with Crippen LogP contribution in [-0.4, -0.2) is 0 Å². The minimum atomic E-state index is -0.643. The standard InChI is InChI=1S/C82H58BrN/c1-55-23-31-65(32-24-55)81(77-51-61(57-15-7-3-8-16-57)27-47-73(77)74-48-28-62(52-78(74)81)58-17-9-4-10-18-58)67-35-41-70(42-36-67)84(72-45-39-69(83)40-46-72)71-43-37-68(38-44-71)82(66-33-25-56(2)26-34-66)79-53-63(59-19-11-5-12-20-59)29-49-75(79)76-50-30-64(54-80(76)82)60-21-13-6-14-22-60/h3-54H,1-2H3. The lowest BCUT2D eigenvalue weighted by atomic mass is 9.67. The highest BCUT2D eigenvalue weighted by Gasteiger charge is 2.48. The van der Waals surface area contributed by atoms with Crippen molar-refractivity contribution in [3.8, 4) is 66.8 Å². The molecule has 0 aliphatic heterocycles. The van der Waals surface area contributed by atoms with Crippen molar-refractivity contribution in [1.29, 1.82) is 0 Å². The van der Waals surface area contributed by atoms with Gasteiger partial charge in [-0.2, -0.15) is 0 Å². The Morgan fingerprint density at radius 1 is 0.238 bits per heavy atom. The van der Waals surface area contributed by atoms with E-state index in [1.807, 2.05) is 0 Å². The summed E-state index contributed by atoms with van der Waals surface area (Å²) in [6.07, 6.45) is 0. The Balaban J connectivity index is 0.919. The van der Waals surface area contributed by atoms with Crippen molar-refractivity contribution in [2.75, 3.05) is 4.90 Å². The molecule has 1 nitrogen and oxygen atoms in total. The van der Waals surface area contributed by atoms with Crippen LogP contribution in [0, 0.1) is 13.8 Å². The fourth-order valence-electron chi connectivity index (χ4n) is 13.8. The molecule has 0 radical (unpaired) electrons. The van der Waals surface area contributed by atoms with Gasteiger partial charge in [0.15, 0.2) is 0 Å². The molecule has 13 aromatic carbocycles. The highest BCUT2D eigenvalue weighted by atomic mass is 79.9. The van der Waals surface area contributed by atoms with Crippen molar-refractivity contribution in [1.82, 2.24) is 0 Å². The number of rotatable bonds is 11. The summed E-state index contributed by atoms with van der Waals surface area (Å²) in [5.41, 5.74) is 29.0. The molecule has 0 bridgehead atoms. The molecular weight excluding hydrogens is 1080 g/mol. The molecule has 2 aliphatic carbocycles. The van der Waals surface area contributed by atoms with E-state index in [1.165, 1.54) is 122 Å². The lowest BCUT2D eigenvalue weighted by Gasteiger charge is -2.36. The van der Waals surface area contributed by atoms with Crippen molar-refractivity contribution >= 4 is 33.0 Å². The molecule has 0 unspecified atom stereocenters. The summed E-state index contributed by atoms with van der Waals surface area (Å²) in [4.78, 5) is 2.41. The summed E-state index contributed by atoms with van der Waals surface area (Å²) in [5.74, 6) is 0. The Bertz CT molecular complexity index is 4100. The lowest BCUT2D eigenvalue weighted by Crippen LogP contribution is -2.29. The third-order valence-corrected chi connectivity index (χ3v) is 18.4. The normalized spacial score (nSPS) is 13.1. The zero-order chi connectivity index (χ0) is 56.4. The molecule has 84 heavy (non-hydrogen) atoms. The van der Waals surface area contributed by atoms with Crippen LogP contribution >= 0.6 is 15.9 Å². The van der Waals surface area contributed by atoms with Crippen molar-refractivity contribution in [2.24, 2.45) is 0 Å². The van der Waals surface area contributed by atoms with Crippen LogP contribution in [0.2, 0.25) is 0 Å². The van der Waals surface area contributed by atoms with Crippen molar-refractivity contribution in [2.45, 2.75) is 24.7 Å². The van der Waals surface area contributed by atoms with E-state index in [-0.39, 0.29) is 0 Å². The zero-order valence-electron chi connectivity index (χ0n) is 46.8. The Morgan fingerprint density at radius 3 is 0.738 bits per heavy atom. The number of aryl methyl sites for hydroxylation is 2. The number of halogens is 1. The maximum Gasteiger partial charge on any atom is 0.0714 e. The largest absolute Gasteiger partial charge is 0.311 e. The van der Waals surface area contributed by atoms with Crippen molar-refractivity contribution < 1.29 is 0 Å². The number of fused-ring (bicyclic) bond motifs is 6. The second-order valence-electron chi connectivity index (χ2n) is 22.6. The van der Waals surface area contributed by atoms with Gasteiger partial charge >= 0.3 is 0 Å². The molecule has 2 heteroatoms. The SMILES string of the molecule is Cc1ccc(C2(c3ccc(N(c4ccc(Br)cc4)c4ccc(C5(c6ccc(C)cc6)c6cc(-c7ccccc7)ccc6-c6ccc(-c7ccccc7)cc65)cc4)cc3)c3cc(-c4ccccc4)ccc3-c3ccc(-c4ccccc4)cc32)cc1. The Labute approximate surface area is 501 Å². The van der Waals surface area contributed by atoms with Crippen LogP contribution in [0.25, 0.3) is 66.8 Å². The van der Waals surface area contributed by atoms with E-state index in [4.69, 9.17) is 0 Å². The predicted molar refractivity (Wildman–Crippen MR) is 355 cm³/mol. The molecule has 2 aliphatic rings. The van der Waals surface area contributed by atoms with Crippen LogP contribution in [0.15, 0.2) is 320 Å². The first-order chi connectivity index (χ1) is 41.3. The average molecular weight is 1140 g/mol. The van der Waals surface area contributed by atoms with E-state index in [0.29, 0.717) is 0 Å². The summed E-state index contributed by atoms with van der Waals surface area (Å²) < 4.78 is 1.03. The molecule has 13 aromatic rings. The lowest BCUT2D eigenvalue weighted by molar-refractivity contribution is 0.768. The maximum atomic E-state index is 3.78. The van der Waals surface area contributed by atoms with Crippen LogP contribution in [0.3, 0.4) is 0 Å². The second-order valence-corrected chi connectivity index (χ2v) is 23.6. The number of hydrogen-bond donors (Lipinski definition) is 0. The van der Waals surface area contributed by atoms with Crippen LogP contribution < -0.4 is 4.90 Å². The Morgan fingerprint density at radius 2 is 0.476 bits per heavy atom. The highest BCUT2D eigenvalue weighted by molar-refractivity contribution is 9.10. The first-order valence-electron chi connectivity index (χ1n) is 29.1.